The lowest BCUT2D eigenvalue weighted by Crippen LogP contribution is -2.16. The quantitative estimate of drug-likeness (QED) is 0.717. The Labute approximate surface area is 77.8 Å². The smallest absolute Gasteiger partial charge is 0.129 e. The van der Waals surface area contributed by atoms with Gasteiger partial charge in [0.05, 0.1) is 0 Å². The molecule has 0 unspecified atom stereocenters. The molecular formula is C9H13ClN2. The molecule has 1 aromatic heterocycles. The van der Waals surface area contributed by atoms with Crippen LogP contribution < -0.4 is 5.73 Å². The van der Waals surface area contributed by atoms with Crippen LogP contribution in [0.2, 0.25) is 5.15 Å². The van der Waals surface area contributed by atoms with Crippen molar-refractivity contribution in [3.05, 3.63) is 29.0 Å². The molecule has 0 spiro atoms. The highest BCUT2D eigenvalue weighted by molar-refractivity contribution is 6.29. The maximum absolute atomic E-state index is 5.92. The summed E-state index contributed by atoms with van der Waals surface area (Å²) < 4.78 is 0. The van der Waals surface area contributed by atoms with Gasteiger partial charge in [0.2, 0.25) is 0 Å². The first-order chi connectivity index (χ1) is 5.61. The Hall–Kier alpha value is -0.600. The van der Waals surface area contributed by atoms with Gasteiger partial charge < -0.3 is 5.73 Å². The third-order valence-corrected chi connectivity index (χ3v) is 2.06. The zero-order valence-corrected chi connectivity index (χ0v) is 8.05. The fraction of sp³-hybridized carbons (Fsp3) is 0.444. The molecule has 66 valence electrons. The van der Waals surface area contributed by atoms with Crippen LogP contribution in [0.1, 0.15) is 25.5 Å². The van der Waals surface area contributed by atoms with Gasteiger partial charge in [-0.25, -0.2) is 4.98 Å². The summed E-state index contributed by atoms with van der Waals surface area (Å²) in [6, 6.07) is 3.76. The molecule has 12 heavy (non-hydrogen) atoms. The number of hydrogen-bond donors (Lipinski definition) is 1. The van der Waals surface area contributed by atoms with Gasteiger partial charge in [0.1, 0.15) is 5.15 Å². The summed E-state index contributed by atoms with van der Waals surface area (Å²) in [5, 5.41) is 0.503. The molecule has 1 atom stereocenters. The highest BCUT2D eigenvalue weighted by atomic mass is 35.5. The van der Waals surface area contributed by atoms with E-state index in [-0.39, 0.29) is 6.04 Å². The van der Waals surface area contributed by atoms with Gasteiger partial charge in [-0.2, -0.15) is 0 Å². The minimum Gasteiger partial charge on any atom is -0.324 e. The number of rotatable bonds is 2. The van der Waals surface area contributed by atoms with Gasteiger partial charge in [0.25, 0.3) is 0 Å². The zero-order valence-electron chi connectivity index (χ0n) is 7.29. The maximum atomic E-state index is 5.92. The molecule has 0 aliphatic rings. The summed E-state index contributed by atoms with van der Waals surface area (Å²) in [6.07, 6.45) is 1.68. The van der Waals surface area contributed by atoms with Gasteiger partial charge in [-0.3, -0.25) is 0 Å². The summed E-state index contributed by atoms with van der Waals surface area (Å²) in [4.78, 5) is 3.89. The Bertz CT molecular complexity index is 260. The molecule has 0 fully saturated rings. The van der Waals surface area contributed by atoms with Gasteiger partial charge in [0, 0.05) is 12.2 Å². The standard InChI is InChI=1S/C9H13ClN2/c1-6(2)9(11)7-3-4-12-8(10)5-7/h3-6,9H,11H2,1-2H3/t9-/m1/s1. The van der Waals surface area contributed by atoms with Crippen molar-refractivity contribution in [2.75, 3.05) is 0 Å². The van der Waals surface area contributed by atoms with Gasteiger partial charge in [-0.1, -0.05) is 25.4 Å². The van der Waals surface area contributed by atoms with Crippen molar-refractivity contribution >= 4 is 11.6 Å². The number of halogens is 1. The normalized spacial score (nSPS) is 13.4. The number of hydrogen-bond acceptors (Lipinski definition) is 2. The van der Waals surface area contributed by atoms with E-state index >= 15 is 0 Å². The van der Waals surface area contributed by atoms with Gasteiger partial charge >= 0.3 is 0 Å². The van der Waals surface area contributed by atoms with Crippen LogP contribution in [0.25, 0.3) is 0 Å². The average Bonchev–Trinajstić information content (AvgIpc) is 2.03. The summed E-state index contributed by atoms with van der Waals surface area (Å²) in [5.41, 5.74) is 6.97. The monoisotopic (exact) mass is 184 g/mol. The third-order valence-electron chi connectivity index (χ3n) is 1.85. The van der Waals surface area contributed by atoms with Crippen molar-refractivity contribution in [3.63, 3.8) is 0 Å². The SMILES string of the molecule is CC(C)[C@@H](N)c1ccnc(Cl)c1. The molecule has 0 aliphatic carbocycles. The van der Waals surface area contributed by atoms with Crippen molar-refractivity contribution in [3.8, 4) is 0 Å². The molecule has 0 aliphatic heterocycles. The van der Waals surface area contributed by atoms with Crippen molar-refractivity contribution in [2.24, 2.45) is 11.7 Å². The van der Waals surface area contributed by atoms with E-state index < -0.39 is 0 Å². The van der Waals surface area contributed by atoms with Gasteiger partial charge in [-0.05, 0) is 23.6 Å². The Morgan fingerprint density at radius 1 is 1.50 bits per heavy atom. The highest BCUT2D eigenvalue weighted by Crippen LogP contribution is 2.19. The molecule has 1 aromatic rings. The summed E-state index contributed by atoms with van der Waals surface area (Å²) in [5.74, 6) is 0.420. The van der Waals surface area contributed by atoms with E-state index in [2.05, 4.69) is 18.8 Å². The molecule has 1 heterocycles. The Balaban J connectivity index is 2.88. The van der Waals surface area contributed by atoms with Gasteiger partial charge in [-0.15, -0.1) is 0 Å². The van der Waals surface area contributed by atoms with Crippen LogP contribution in [-0.4, -0.2) is 4.98 Å². The summed E-state index contributed by atoms with van der Waals surface area (Å²) in [7, 11) is 0. The minimum atomic E-state index is 0.0468. The summed E-state index contributed by atoms with van der Waals surface area (Å²) >= 11 is 5.73. The van der Waals surface area contributed by atoms with E-state index in [1.54, 1.807) is 6.20 Å². The van der Waals surface area contributed by atoms with E-state index in [1.165, 1.54) is 0 Å². The van der Waals surface area contributed by atoms with Crippen molar-refractivity contribution in [1.82, 2.24) is 4.98 Å². The molecule has 1 rings (SSSR count). The van der Waals surface area contributed by atoms with E-state index in [9.17, 15) is 0 Å². The van der Waals surface area contributed by atoms with E-state index in [1.807, 2.05) is 12.1 Å². The lowest BCUT2D eigenvalue weighted by molar-refractivity contribution is 0.514. The predicted molar refractivity (Wildman–Crippen MR) is 51.0 cm³/mol. The molecule has 2 nitrogen and oxygen atoms in total. The minimum absolute atomic E-state index is 0.0468. The fourth-order valence-electron chi connectivity index (χ4n) is 1.01. The summed E-state index contributed by atoms with van der Waals surface area (Å²) in [6.45, 7) is 4.16. The molecule has 0 aromatic carbocycles. The molecule has 0 radical (unpaired) electrons. The van der Waals surface area contributed by atoms with E-state index in [0.717, 1.165) is 5.56 Å². The second kappa shape index (κ2) is 3.87. The molecule has 2 N–H and O–H groups in total. The largest absolute Gasteiger partial charge is 0.324 e. The van der Waals surface area contributed by atoms with E-state index in [4.69, 9.17) is 17.3 Å². The van der Waals surface area contributed by atoms with Crippen molar-refractivity contribution in [1.29, 1.82) is 0 Å². The second-order valence-corrected chi connectivity index (χ2v) is 3.57. The third kappa shape index (κ3) is 2.19. The molecule has 0 amide bonds. The number of pyridine rings is 1. The zero-order chi connectivity index (χ0) is 9.14. The molecule has 0 saturated carbocycles. The first kappa shape index (κ1) is 9.49. The maximum Gasteiger partial charge on any atom is 0.129 e. The van der Waals surface area contributed by atoms with Crippen LogP contribution in [0, 0.1) is 5.92 Å². The lowest BCUT2D eigenvalue weighted by Gasteiger charge is -2.15. The molecule has 0 bridgehead atoms. The Morgan fingerprint density at radius 2 is 2.17 bits per heavy atom. The Morgan fingerprint density at radius 3 is 2.67 bits per heavy atom. The first-order valence-electron chi connectivity index (χ1n) is 3.98. The molecule has 0 saturated heterocycles. The topological polar surface area (TPSA) is 38.9 Å². The average molecular weight is 185 g/mol. The predicted octanol–water partition coefficient (Wildman–Crippen LogP) is 2.39. The molecular weight excluding hydrogens is 172 g/mol. The Kier molecular flexibility index (Phi) is 3.06. The van der Waals surface area contributed by atoms with Gasteiger partial charge in [0.15, 0.2) is 0 Å². The lowest BCUT2D eigenvalue weighted by atomic mass is 9.98. The molecule has 3 heteroatoms. The van der Waals surface area contributed by atoms with Crippen LogP contribution in [0.4, 0.5) is 0 Å². The number of nitrogens with zero attached hydrogens (tertiary/aromatic N) is 1. The first-order valence-corrected chi connectivity index (χ1v) is 4.36. The van der Waals surface area contributed by atoms with E-state index in [0.29, 0.717) is 11.1 Å². The van der Waals surface area contributed by atoms with Crippen LogP contribution in [0.15, 0.2) is 18.3 Å². The van der Waals surface area contributed by atoms with Crippen LogP contribution in [0.3, 0.4) is 0 Å². The van der Waals surface area contributed by atoms with Crippen LogP contribution in [0.5, 0.6) is 0 Å². The highest BCUT2D eigenvalue weighted by Gasteiger charge is 2.10. The number of nitrogens with two attached hydrogens (primary N) is 1. The van der Waals surface area contributed by atoms with Crippen molar-refractivity contribution < 1.29 is 0 Å². The van der Waals surface area contributed by atoms with Crippen LogP contribution >= 0.6 is 11.6 Å². The van der Waals surface area contributed by atoms with Crippen molar-refractivity contribution in [2.45, 2.75) is 19.9 Å². The number of aromatic nitrogens is 1. The second-order valence-electron chi connectivity index (χ2n) is 3.18. The fourth-order valence-corrected chi connectivity index (χ4v) is 1.19. The van der Waals surface area contributed by atoms with Crippen LogP contribution in [-0.2, 0) is 0 Å².